The van der Waals surface area contributed by atoms with Crippen molar-refractivity contribution in [3.63, 3.8) is 0 Å². The van der Waals surface area contributed by atoms with Crippen LogP contribution in [0.4, 0.5) is 4.39 Å². The van der Waals surface area contributed by atoms with Gasteiger partial charge in [-0.15, -0.1) is 0 Å². The Morgan fingerprint density at radius 3 is 2.72 bits per heavy atom. The molecule has 18 heavy (non-hydrogen) atoms. The van der Waals surface area contributed by atoms with Crippen LogP contribution in [0.2, 0.25) is 0 Å². The van der Waals surface area contributed by atoms with E-state index in [2.05, 4.69) is 20.7 Å². The van der Waals surface area contributed by atoms with Crippen molar-refractivity contribution in [2.24, 2.45) is 0 Å². The van der Waals surface area contributed by atoms with E-state index < -0.39 is 15.8 Å². The summed E-state index contributed by atoms with van der Waals surface area (Å²) in [5.41, 5.74) is 0.691. The lowest BCUT2D eigenvalue weighted by Gasteiger charge is -2.06. The van der Waals surface area contributed by atoms with E-state index in [4.69, 9.17) is 4.42 Å². The van der Waals surface area contributed by atoms with Crippen LogP contribution in [0.1, 0.15) is 5.56 Å². The van der Waals surface area contributed by atoms with Crippen LogP contribution < -0.4 is 4.72 Å². The molecule has 0 saturated carbocycles. The maximum absolute atomic E-state index is 13.3. The van der Waals surface area contributed by atoms with E-state index in [1.54, 1.807) is 6.07 Å². The molecule has 1 aromatic heterocycles. The highest BCUT2D eigenvalue weighted by atomic mass is 79.9. The third-order valence-electron chi connectivity index (χ3n) is 2.25. The van der Waals surface area contributed by atoms with E-state index in [0.29, 0.717) is 5.56 Å². The molecule has 0 atom stereocenters. The second-order valence-corrected chi connectivity index (χ2v) is 6.15. The molecule has 2 rings (SSSR count). The van der Waals surface area contributed by atoms with Crippen molar-refractivity contribution in [1.29, 1.82) is 0 Å². The van der Waals surface area contributed by atoms with E-state index in [1.165, 1.54) is 24.7 Å². The van der Waals surface area contributed by atoms with Gasteiger partial charge in [0, 0.05) is 12.1 Å². The van der Waals surface area contributed by atoms with Gasteiger partial charge in [-0.2, -0.15) is 0 Å². The van der Waals surface area contributed by atoms with Gasteiger partial charge in [0.1, 0.15) is 5.82 Å². The molecule has 7 heteroatoms. The Morgan fingerprint density at radius 1 is 1.33 bits per heavy atom. The third-order valence-corrected chi connectivity index (χ3v) is 4.29. The molecule has 0 radical (unpaired) electrons. The molecule has 0 bridgehead atoms. The van der Waals surface area contributed by atoms with Gasteiger partial charge < -0.3 is 4.42 Å². The van der Waals surface area contributed by atoms with E-state index >= 15 is 0 Å². The zero-order valence-electron chi connectivity index (χ0n) is 9.06. The molecule has 0 amide bonds. The molecule has 0 saturated heterocycles. The summed E-state index contributed by atoms with van der Waals surface area (Å²) in [6, 6.07) is 5.28. The molecule has 0 spiro atoms. The largest absolute Gasteiger partial charge is 0.472 e. The monoisotopic (exact) mass is 333 g/mol. The van der Waals surface area contributed by atoms with Crippen LogP contribution in [0, 0.1) is 5.82 Å². The summed E-state index contributed by atoms with van der Waals surface area (Å²) < 4.78 is 44.4. The Kier molecular flexibility index (Phi) is 3.84. The van der Waals surface area contributed by atoms with Crippen LogP contribution in [-0.4, -0.2) is 8.42 Å². The van der Waals surface area contributed by atoms with Gasteiger partial charge in [-0.1, -0.05) is 0 Å². The molecular weight excluding hydrogens is 325 g/mol. The highest BCUT2D eigenvalue weighted by molar-refractivity contribution is 9.10. The average molecular weight is 334 g/mol. The van der Waals surface area contributed by atoms with Gasteiger partial charge >= 0.3 is 0 Å². The quantitative estimate of drug-likeness (QED) is 0.935. The molecule has 0 aliphatic carbocycles. The van der Waals surface area contributed by atoms with Crippen LogP contribution >= 0.6 is 15.9 Å². The molecule has 0 unspecified atom stereocenters. The minimum atomic E-state index is -3.73. The molecule has 4 nitrogen and oxygen atoms in total. The molecule has 0 fully saturated rings. The van der Waals surface area contributed by atoms with E-state index in [9.17, 15) is 12.8 Å². The van der Waals surface area contributed by atoms with Crippen LogP contribution in [0.25, 0.3) is 0 Å². The topological polar surface area (TPSA) is 59.3 Å². The SMILES string of the molecule is O=S(=O)(NCc1ccoc1)c1ccc(Br)c(F)c1. The normalized spacial score (nSPS) is 11.7. The van der Waals surface area contributed by atoms with Gasteiger partial charge in [-0.25, -0.2) is 17.5 Å². The summed E-state index contributed by atoms with van der Waals surface area (Å²) in [4.78, 5) is -0.119. The summed E-state index contributed by atoms with van der Waals surface area (Å²) in [6.07, 6.45) is 2.88. The number of benzene rings is 1. The number of halogens is 2. The Hall–Kier alpha value is -1.18. The van der Waals surface area contributed by atoms with Crippen molar-refractivity contribution in [2.45, 2.75) is 11.4 Å². The van der Waals surface area contributed by atoms with Crippen LogP contribution in [-0.2, 0) is 16.6 Å². The molecule has 96 valence electrons. The number of rotatable bonds is 4. The Morgan fingerprint density at radius 2 is 2.11 bits per heavy atom. The van der Waals surface area contributed by atoms with E-state index in [1.807, 2.05) is 0 Å². The molecule has 0 aliphatic rings. The van der Waals surface area contributed by atoms with Crippen molar-refractivity contribution < 1.29 is 17.2 Å². The average Bonchev–Trinajstić information content (AvgIpc) is 2.83. The Bertz CT molecular complexity index is 640. The minimum absolute atomic E-state index is 0.0938. The highest BCUT2D eigenvalue weighted by Crippen LogP contribution is 2.19. The maximum atomic E-state index is 13.3. The first kappa shape index (κ1) is 13.3. The second-order valence-electron chi connectivity index (χ2n) is 3.53. The standard InChI is InChI=1S/C11H9BrFNO3S/c12-10-2-1-9(5-11(10)13)18(15,16)14-6-8-3-4-17-7-8/h1-5,7,14H,6H2. The predicted octanol–water partition coefficient (Wildman–Crippen LogP) is 2.66. The van der Waals surface area contributed by atoms with Crippen molar-refractivity contribution in [3.05, 3.63) is 52.6 Å². The summed E-state index contributed by atoms with van der Waals surface area (Å²) in [7, 11) is -3.73. The Balaban J connectivity index is 2.17. The zero-order valence-corrected chi connectivity index (χ0v) is 11.5. The smallest absolute Gasteiger partial charge is 0.240 e. The highest BCUT2D eigenvalue weighted by Gasteiger charge is 2.15. The van der Waals surface area contributed by atoms with Crippen LogP contribution in [0.15, 0.2) is 50.6 Å². The van der Waals surface area contributed by atoms with Gasteiger partial charge in [-0.3, -0.25) is 0 Å². The number of sulfonamides is 1. The molecule has 1 N–H and O–H groups in total. The summed E-state index contributed by atoms with van der Waals surface area (Å²) in [6.45, 7) is 0.0938. The number of nitrogens with one attached hydrogen (secondary N) is 1. The number of furan rings is 1. The van der Waals surface area contributed by atoms with Crippen molar-refractivity contribution in [3.8, 4) is 0 Å². The summed E-state index contributed by atoms with van der Waals surface area (Å²) in [5.74, 6) is -0.624. The van der Waals surface area contributed by atoms with E-state index in [-0.39, 0.29) is 15.9 Å². The van der Waals surface area contributed by atoms with Crippen LogP contribution in [0.5, 0.6) is 0 Å². The van der Waals surface area contributed by atoms with E-state index in [0.717, 1.165) is 6.07 Å². The lowest BCUT2D eigenvalue weighted by atomic mass is 10.3. The minimum Gasteiger partial charge on any atom is -0.472 e. The van der Waals surface area contributed by atoms with Gasteiger partial charge in [0.15, 0.2) is 0 Å². The first-order valence-corrected chi connectivity index (χ1v) is 7.22. The third kappa shape index (κ3) is 2.98. The Labute approximate surface area is 112 Å². The number of hydrogen-bond acceptors (Lipinski definition) is 3. The van der Waals surface area contributed by atoms with Crippen molar-refractivity contribution in [1.82, 2.24) is 4.72 Å². The molecule has 1 aromatic carbocycles. The van der Waals surface area contributed by atoms with Gasteiger partial charge in [0.25, 0.3) is 0 Å². The van der Waals surface area contributed by atoms with Gasteiger partial charge in [0.05, 0.1) is 21.9 Å². The van der Waals surface area contributed by atoms with Gasteiger partial charge in [-0.05, 0) is 40.2 Å². The summed E-state index contributed by atoms with van der Waals surface area (Å²) >= 11 is 2.96. The fourth-order valence-corrected chi connectivity index (χ4v) is 2.57. The first-order valence-electron chi connectivity index (χ1n) is 4.95. The number of hydrogen-bond donors (Lipinski definition) is 1. The fourth-order valence-electron chi connectivity index (χ4n) is 1.30. The first-order chi connectivity index (χ1) is 8.49. The molecular formula is C11H9BrFNO3S. The molecule has 2 aromatic rings. The lowest BCUT2D eigenvalue weighted by molar-refractivity contribution is 0.560. The van der Waals surface area contributed by atoms with Gasteiger partial charge in [0.2, 0.25) is 10.0 Å². The van der Waals surface area contributed by atoms with Crippen molar-refractivity contribution >= 4 is 26.0 Å². The lowest BCUT2D eigenvalue weighted by Crippen LogP contribution is -2.23. The molecule has 0 aliphatic heterocycles. The van der Waals surface area contributed by atoms with Crippen molar-refractivity contribution in [2.75, 3.05) is 0 Å². The fraction of sp³-hybridized carbons (Fsp3) is 0.0909. The second kappa shape index (κ2) is 5.21. The zero-order chi connectivity index (χ0) is 13.2. The predicted molar refractivity (Wildman–Crippen MR) is 66.8 cm³/mol. The van der Waals surface area contributed by atoms with Crippen LogP contribution in [0.3, 0.4) is 0 Å². The summed E-state index contributed by atoms with van der Waals surface area (Å²) in [5, 5.41) is 0. The molecule has 1 heterocycles. The maximum Gasteiger partial charge on any atom is 0.240 e.